The summed E-state index contributed by atoms with van der Waals surface area (Å²) < 4.78 is 1.94. The molecule has 1 aliphatic heterocycles. The van der Waals surface area contributed by atoms with Crippen LogP contribution in [0.15, 0.2) is 48.5 Å². The lowest BCUT2D eigenvalue weighted by molar-refractivity contribution is 0.546. The molecule has 0 radical (unpaired) electrons. The molecule has 3 heterocycles. The van der Waals surface area contributed by atoms with Crippen molar-refractivity contribution in [2.45, 2.75) is 40.7 Å². The number of rotatable bonds is 3. The van der Waals surface area contributed by atoms with E-state index in [1.807, 2.05) is 11.6 Å². The SMILES string of the molecule is Cc1ccc(N2CCN(c3nc4ccc(C)cc4nc3-n3nc(C)cc3C)C[C@H]2C)cc1. The van der Waals surface area contributed by atoms with E-state index >= 15 is 0 Å². The molecule has 164 valence electrons. The van der Waals surface area contributed by atoms with Crippen molar-refractivity contribution in [1.29, 1.82) is 0 Å². The van der Waals surface area contributed by atoms with Gasteiger partial charge in [0.1, 0.15) is 0 Å². The third-order valence-corrected chi connectivity index (χ3v) is 6.29. The van der Waals surface area contributed by atoms with Gasteiger partial charge in [-0.05, 0) is 70.5 Å². The highest BCUT2D eigenvalue weighted by Crippen LogP contribution is 2.29. The number of fused-ring (bicyclic) bond motifs is 1. The minimum atomic E-state index is 0.357. The second kappa shape index (κ2) is 7.93. The molecule has 2 aromatic carbocycles. The smallest absolute Gasteiger partial charge is 0.197 e. The molecule has 0 aliphatic carbocycles. The van der Waals surface area contributed by atoms with E-state index in [-0.39, 0.29) is 0 Å². The van der Waals surface area contributed by atoms with Gasteiger partial charge < -0.3 is 9.80 Å². The van der Waals surface area contributed by atoms with Crippen LogP contribution in [0.2, 0.25) is 0 Å². The predicted molar refractivity (Wildman–Crippen MR) is 131 cm³/mol. The lowest BCUT2D eigenvalue weighted by atomic mass is 10.1. The summed E-state index contributed by atoms with van der Waals surface area (Å²) in [4.78, 5) is 15.0. The first-order valence-corrected chi connectivity index (χ1v) is 11.3. The van der Waals surface area contributed by atoms with Gasteiger partial charge >= 0.3 is 0 Å². The Morgan fingerprint density at radius 3 is 2.19 bits per heavy atom. The zero-order valence-electron chi connectivity index (χ0n) is 19.5. The van der Waals surface area contributed by atoms with Gasteiger partial charge in [0, 0.05) is 37.1 Å². The van der Waals surface area contributed by atoms with Crippen LogP contribution in [0.4, 0.5) is 11.5 Å². The fraction of sp³-hybridized carbons (Fsp3) is 0.346. The topological polar surface area (TPSA) is 50.1 Å². The molecular weight excluding hydrogens is 396 g/mol. The second-order valence-corrected chi connectivity index (χ2v) is 9.03. The first kappa shape index (κ1) is 20.5. The molecule has 1 aliphatic rings. The van der Waals surface area contributed by atoms with Crippen molar-refractivity contribution in [2.24, 2.45) is 0 Å². The van der Waals surface area contributed by atoms with Crippen molar-refractivity contribution in [1.82, 2.24) is 19.7 Å². The van der Waals surface area contributed by atoms with Crippen molar-refractivity contribution in [3.8, 4) is 5.82 Å². The average Bonchev–Trinajstić information content (AvgIpc) is 3.11. The molecule has 4 aromatic rings. The number of hydrogen-bond acceptors (Lipinski definition) is 5. The lowest BCUT2D eigenvalue weighted by Gasteiger charge is -2.42. The molecule has 0 bridgehead atoms. The van der Waals surface area contributed by atoms with Crippen LogP contribution >= 0.6 is 0 Å². The monoisotopic (exact) mass is 426 g/mol. The molecule has 0 saturated carbocycles. The summed E-state index contributed by atoms with van der Waals surface area (Å²) in [6.45, 7) is 13.3. The largest absolute Gasteiger partial charge is 0.365 e. The number of piperazine rings is 1. The van der Waals surface area contributed by atoms with E-state index in [1.165, 1.54) is 16.8 Å². The van der Waals surface area contributed by atoms with Crippen LogP contribution in [0.3, 0.4) is 0 Å². The summed E-state index contributed by atoms with van der Waals surface area (Å²) in [5, 5.41) is 4.73. The second-order valence-electron chi connectivity index (χ2n) is 9.03. The first-order chi connectivity index (χ1) is 15.4. The maximum atomic E-state index is 5.09. The lowest BCUT2D eigenvalue weighted by Crippen LogP contribution is -2.52. The van der Waals surface area contributed by atoms with E-state index in [2.05, 4.69) is 86.0 Å². The Bertz CT molecular complexity index is 1270. The number of nitrogens with zero attached hydrogens (tertiary/aromatic N) is 6. The molecule has 2 aromatic heterocycles. The molecule has 6 heteroatoms. The zero-order chi connectivity index (χ0) is 22.4. The van der Waals surface area contributed by atoms with Crippen molar-refractivity contribution < 1.29 is 0 Å². The Labute approximate surface area is 189 Å². The minimum Gasteiger partial charge on any atom is -0.365 e. The van der Waals surface area contributed by atoms with Gasteiger partial charge in [0.25, 0.3) is 0 Å². The number of aryl methyl sites for hydroxylation is 4. The van der Waals surface area contributed by atoms with Crippen LogP contribution in [0.25, 0.3) is 16.9 Å². The fourth-order valence-electron chi connectivity index (χ4n) is 4.61. The molecule has 1 atom stereocenters. The van der Waals surface area contributed by atoms with E-state index in [0.717, 1.165) is 53.7 Å². The quantitative estimate of drug-likeness (QED) is 0.473. The number of hydrogen-bond donors (Lipinski definition) is 0. The highest BCUT2D eigenvalue weighted by molar-refractivity contribution is 5.79. The number of benzene rings is 2. The summed E-state index contributed by atoms with van der Waals surface area (Å²) in [6, 6.07) is 17.5. The summed E-state index contributed by atoms with van der Waals surface area (Å²) >= 11 is 0. The summed E-state index contributed by atoms with van der Waals surface area (Å²) in [7, 11) is 0. The molecule has 5 rings (SSSR count). The van der Waals surface area contributed by atoms with Gasteiger partial charge in [0.15, 0.2) is 11.6 Å². The maximum Gasteiger partial charge on any atom is 0.197 e. The Kier molecular flexibility index (Phi) is 5.08. The van der Waals surface area contributed by atoms with E-state index < -0.39 is 0 Å². The standard InChI is InChI=1S/C26H30N6/c1-17-6-9-22(10-7-17)31-13-12-30(16-21(31)5)25-26(32-20(4)15-19(3)29-32)28-24-14-18(2)8-11-23(24)27-25/h6-11,14-15,21H,12-13,16H2,1-5H3/t21-/m1/s1. The molecular formula is C26H30N6. The molecule has 1 fully saturated rings. The molecule has 6 nitrogen and oxygen atoms in total. The van der Waals surface area contributed by atoms with E-state index in [1.54, 1.807) is 0 Å². The summed E-state index contributed by atoms with van der Waals surface area (Å²) in [6.07, 6.45) is 0. The van der Waals surface area contributed by atoms with Gasteiger partial charge in [-0.25, -0.2) is 14.6 Å². The van der Waals surface area contributed by atoms with Gasteiger partial charge in [-0.15, -0.1) is 0 Å². The van der Waals surface area contributed by atoms with Gasteiger partial charge in [-0.3, -0.25) is 0 Å². The predicted octanol–water partition coefficient (Wildman–Crippen LogP) is 4.76. The fourth-order valence-corrected chi connectivity index (χ4v) is 4.61. The number of aromatic nitrogens is 4. The van der Waals surface area contributed by atoms with E-state index in [9.17, 15) is 0 Å². The van der Waals surface area contributed by atoms with Crippen LogP contribution in [-0.4, -0.2) is 45.4 Å². The third kappa shape index (κ3) is 3.70. The summed E-state index contributed by atoms with van der Waals surface area (Å²) in [5.74, 6) is 1.72. The number of anilines is 2. The average molecular weight is 427 g/mol. The van der Waals surface area contributed by atoms with Crippen LogP contribution in [0.1, 0.15) is 29.4 Å². The third-order valence-electron chi connectivity index (χ3n) is 6.29. The normalized spacial score (nSPS) is 16.7. The van der Waals surface area contributed by atoms with Crippen LogP contribution < -0.4 is 9.80 Å². The Morgan fingerprint density at radius 1 is 0.781 bits per heavy atom. The van der Waals surface area contributed by atoms with Crippen LogP contribution in [0.5, 0.6) is 0 Å². The van der Waals surface area contributed by atoms with E-state index in [0.29, 0.717) is 6.04 Å². The highest BCUT2D eigenvalue weighted by Gasteiger charge is 2.28. The van der Waals surface area contributed by atoms with Gasteiger partial charge in [-0.2, -0.15) is 5.10 Å². The van der Waals surface area contributed by atoms with Gasteiger partial charge in [0.05, 0.1) is 16.7 Å². The Hall–Kier alpha value is -3.41. The maximum absolute atomic E-state index is 5.09. The Balaban J connectivity index is 1.54. The molecule has 0 amide bonds. The van der Waals surface area contributed by atoms with E-state index in [4.69, 9.17) is 15.1 Å². The van der Waals surface area contributed by atoms with Crippen molar-refractivity contribution >= 4 is 22.5 Å². The van der Waals surface area contributed by atoms with Gasteiger partial charge in [0.2, 0.25) is 0 Å². The van der Waals surface area contributed by atoms with Crippen LogP contribution in [0, 0.1) is 27.7 Å². The van der Waals surface area contributed by atoms with Crippen molar-refractivity contribution in [2.75, 3.05) is 29.4 Å². The molecule has 32 heavy (non-hydrogen) atoms. The zero-order valence-corrected chi connectivity index (χ0v) is 19.5. The van der Waals surface area contributed by atoms with Gasteiger partial charge in [-0.1, -0.05) is 23.8 Å². The van der Waals surface area contributed by atoms with Crippen molar-refractivity contribution in [3.05, 3.63) is 71.0 Å². The molecule has 0 spiro atoms. The van der Waals surface area contributed by atoms with Crippen LogP contribution in [-0.2, 0) is 0 Å². The molecule has 1 saturated heterocycles. The minimum absolute atomic E-state index is 0.357. The highest BCUT2D eigenvalue weighted by atomic mass is 15.4. The Morgan fingerprint density at radius 2 is 1.50 bits per heavy atom. The molecule has 0 N–H and O–H groups in total. The van der Waals surface area contributed by atoms with Crippen molar-refractivity contribution in [3.63, 3.8) is 0 Å². The first-order valence-electron chi connectivity index (χ1n) is 11.3. The molecule has 0 unspecified atom stereocenters. The summed E-state index contributed by atoms with van der Waals surface area (Å²) in [5.41, 5.74) is 7.62.